The number of hydrogen-bond acceptors (Lipinski definition) is 1. The van der Waals surface area contributed by atoms with Crippen molar-refractivity contribution in [2.24, 2.45) is 5.73 Å². The molecular formula is C15H12BrF4N. The number of rotatable bonds is 2. The highest BCUT2D eigenvalue weighted by Crippen LogP contribution is 2.33. The number of nitrogens with two attached hydrogens (primary N) is 1. The molecule has 0 saturated heterocycles. The van der Waals surface area contributed by atoms with Gasteiger partial charge >= 0.3 is 6.18 Å². The molecule has 1 nitrogen and oxygen atoms in total. The molecule has 0 bridgehead atoms. The smallest absolute Gasteiger partial charge is 0.320 e. The van der Waals surface area contributed by atoms with Crippen LogP contribution in [0.15, 0.2) is 40.9 Å². The van der Waals surface area contributed by atoms with Gasteiger partial charge in [0, 0.05) is 4.47 Å². The largest absolute Gasteiger partial charge is 0.419 e. The molecule has 0 amide bonds. The molecule has 0 saturated carbocycles. The summed E-state index contributed by atoms with van der Waals surface area (Å²) in [5, 5.41) is 0. The predicted octanol–water partition coefficient (Wildman–Crippen LogP) is 4.96. The van der Waals surface area contributed by atoms with Gasteiger partial charge < -0.3 is 5.73 Å². The summed E-state index contributed by atoms with van der Waals surface area (Å²) in [4.78, 5) is 0. The predicted molar refractivity (Wildman–Crippen MR) is 76.3 cm³/mol. The lowest BCUT2D eigenvalue weighted by Crippen LogP contribution is -2.14. The highest BCUT2D eigenvalue weighted by molar-refractivity contribution is 9.10. The van der Waals surface area contributed by atoms with E-state index >= 15 is 0 Å². The van der Waals surface area contributed by atoms with Crippen LogP contribution in [-0.4, -0.2) is 0 Å². The van der Waals surface area contributed by atoms with Gasteiger partial charge in [-0.2, -0.15) is 13.2 Å². The average Bonchev–Trinajstić information content (AvgIpc) is 2.39. The summed E-state index contributed by atoms with van der Waals surface area (Å²) in [5.41, 5.74) is 6.65. The normalized spacial score (nSPS) is 13.3. The van der Waals surface area contributed by atoms with E-state index in [-0.39, 0.29) is 0 Å². The van der Waals surface area contributed by atoms with E-state index < -0.39 is 23.6 Å². The van der Waals surface area contributed by atoms with Gasteiger partial charge in [0.15, 0.2) is 0 Å². The van der Waals surface area contributed by atoms with Crippen LogP contribution in [-0.2, 0) is 6.18 Å². The molecule has 1 atom stereocenters. The van der Waals surface area contributed by atoms with E-state index in [1.54, 1.807) is 12.1 Å². The Morgan fingerprint density at radius 2 is 1.62 bits per heavy atom. The van der Waals surface area contributed by atoms with Gasteiger partial charge in [-0.15, -0.1) is 0 Å². The summed E-state index contributed by atoms with van der Waals surface area (Å²) < 4.78 is 52.1. The molecule has 0 radical (unpaired) electrons. The van der Waals surface area contributed by atoms with Crippen LogP contribution in [0.2, 0.25) is 0 Å². The topological polar surface area (TPSA) is 26.0 Å². The third-order valence-electron chi connectivity index (χ3n) is 3.20. The molecule has 6 heteroatoms. The molecule has 0 aliphatic rings. The number of hydrogen-bond donors (Lipinski definition) is 1. The fourth-order valence-corrected chi connectivity index (χ4v) is 2.26. The van der Waals surface area contributed by atoms with Gasteiger partial charge in [-0.25, -0.2) is 4.39 Å². The van der Waals surface area contributed by atoms with Crippen LogP contribution in [0, 0.1) is 12.7 Å². The first-order chi connectivity index (χ1) is 9.70. The van der Waals surface area contributed by atoms with Crippen LogP contribution >= 0.6 is 15.9 Å². The lowest BCUT2D eigenvalue weighted by molar-refractivity contribution is -0.140. The summed E-state index contributed by atoms with van der Waals surface area (Å²) in [6.45, 7) is 1.87. The summed E-state index contributed by atoms with van der Waals surface area (Å²) in [5.74, 6) is -1.32. The maximum atomic E-state index is 13.6. The first kappa shape index (κ1) is 16.0. The van der Waals surface area contributed by atoms with Crippen molar-refractivity contribution in [2.75, 3.05) is 0 Å². The molecule has 0 heterocycles. The fraction of sp³-hybridized carbons (Fsp3) is 0.200. The average molecular weight is 362 g/mol. The molecule has 2 rings (SSSR count). The second kappa shape index (κ2) is 5.77. The van der Waals surface area contributed by atoms with Crippen molar-refractivity contribution in [3.05, 3.63) is 68.9 Å². The van der Waals surface area contributed by atoms with Crippen molar-refractivity contribution in [2.45, 2.75) is 19.1 Å². The Kier molecular flexibility index (Phi) is 4.39. The highest BCUT2D eigenvalue weighted by Gasteiger charge is 2.34. The molecule has 0 aliphatic carbocycles. The number of aryl methyl sites for hydroxylation is 1. The van der Waals surface area contributed by atoms with Crippen molar-refractivity contribution in [3.63, 3.8) is 0 Å². The number of halogens is 5. The molecular weight excluding hydrogens is 350 g/mol. The zero-order valence-corrected chi connectivity index (χ0v) is 12.6. The Hall–Kier alpha value is -1.40. The molecule has 0 aromatic heterocycles. The van der Waals surface area contributed by atoms with Crippen LogP contribution in [0.5, 0.6) is 0 Å². The molecule has 2 N–H and O–H groups in total. The lowest BCUT2D eigenvalue weighted by atomic mass is 9.97. The van der Waals surface area contributed by atoms with Crippen molar-refractivity contribution < 1.29 is 17.6 Å². The van der Waals surface area contributed by atoms with Crippen LogP contribution < -0.4 is 5.73 Å². The minimum absolute atomic E-state index is 0.294. The third-order valence-corrected chi connectivity index (χ3v) is 4.09. The minimum Gasteiger partial charge on any atom is -0.320 e. The number of alkyl halides is 3. The van der Waals surface area contributed by atoms with Gasteiger partial charge in [0.2, 0.25) is 0 Å². The van der Waals surface area contributed by atoms with Gasteiger partial charge in [-0.3, -0.25) is 0 Å². The van der Waals surface area contributed by atoms with E-state index in [4.69, 9.17) is 5.73 Å². The van der Waals surface area contributed by atoms with Gasteiger partial charge in [0.05, 0.1) is 11.6 Å². The Morgan fingerprint density at radius 1 is 1.05 bits per heavy atom. The zero-order chi connectivity index (χ0) is 15.8. The molecule has 21 heavy (non-hydrogen) atoms. The monoisotopic (exact) mass is 361 g/mol. The molecule has 2 aromatic carbocycles. The maximum Gasteiger partial charge on any atom is 0.419 e. The first-order valence-electron chi connectivity index (χ1n) is 6.08. The summed E-state index contributed by atoms with van der Waals surface area (Å²) in [6, 6.07) is 7.43. The molecule has 2 aromatic rings. The molecule has 0 spiro atoms. The molecule has 1 unspecified atom stereocenters. The van der Waals surface area contributed by atoms with E-state index in [9.17, 15) is 17.6 Å². The van der Waals surface area contributed by atoms with Gasteiger partial charge in [-0.1, -0.05) is 34.1 Å². The van der Waals surface area contributed by atoms with Crippen molar-refractivity contribution in [3.8, 4) is 0 Å². The van der Waals surface area contributed by atoms with Gasteiger partial charge in [0.25, 0.3) is 0 Å². The molecule has 0 aliphatic heterocycles. The molecule has 0 fully saturated rings. The second-order valence-electron chi connectivity index (χ2n) is 4.72. The van der Waals surface area contributed by atoms with Crippen molar-refractivity contribution >= 4 is 15.9 Å². The van der Waals surface area contributed by atoms with E-state index in [0.717, 1.165) is 22.2 Å². The van der Waals surface area contributed by atoms with Crippen molar-refractivity contribution in [1.29, 1.82) is 0 Å². The first-order valence-corrected chi connectivity index (χ1v) is 6.87. The minimum atomic E-state index is -4.71. The van der Waals surface area contributed by atoms with Crippen LogP contribution in [0.25, 0.3) is 0 Å². The Morgan fingerprint density at radius 3 is 2.14 bits per heavy atom. The summed E-state index contributed by atoms with van der Waals surface area (Å²) in [7, 11) is 0. The van der Waals surface area contributed by atoms with E-state index in [1.165, 1.54) is 6.07 Å². The standard InChI is InChI=1S/C15H12BrF4N/c1-8-6-9(3-5-12(8)16)14(21)10-2-4-11(13(17)7-10)15(18,19)20/h2-7,14H,21H2,1H3. The molecule has 112 valence electrons. The Labute approximate surface area is 127 Å². The van der Waals surface area contributed by atoms with Gasteiger partial charge in [-0.05, 0) is 41.8 Å². The van der Waals surface area contributed by atoms with Crippen LogP contribution in [0.4, 0.5) is 17.6 Å². The highest BCUT2D eigenvalue weighted by atomic mass is 79.9. The Bertz CT molecular complexity index is 667. The lowest BCUT2D eigenvalue weighted by Gasteiger charge is -2.16. The SMILES string of the molecule is Cc1cc(C(N)c2ccc(C(F)(F)F)c(F)c2)ccc1Br. The van der Waals surface area contributed by atoms with Crippen molar-refractivity contribution in [1.82, 2.24) is 0 Å². The van der Waals surface area contributed by atoms with E-state index in [1.807, 2.05) is 13.0 Å². The summed E-state index contributed by atoms with van der Waals surface area (Å²) >= 11 is 3.35. The fourth-order valence-electron chi connectivity index (χ4n) is 2.01. The number of benzene rings is 2. The van der Waals surface area contributed by atoms with E-state index in [0.29, 0.717) is 11.1 Å². The summed E-state index contributed by atoms with van der Waals surface area (Å²) in [6.07, 6.45) is -4.71. The van der Waals surface area contributed by atoms with Crippen LogP contribution in [0.3, 0.4) is 0 Å². The van der Waals surface area contributed by atoms with Gasteiger partial charge in [0.1, 0.15) is 5.82 Å². The second-order valence-corrected chi connectivity index (χ2v) is 5.58. The third kappa shape index (κ3) is 3.44. The Balaban J connectivity index is 2.38. The zero-order valence-electron chi connectivity index (χ0n) is 11.0. The quantitative estimate of drug-likeness (QED) is 0.751. The maximum absolute atomic E-state index is 13.6. The van der Waals surface area contributed by atoms with E-state index in [2.05, 4.69) is 15.9 Å². The van der Waals surface area contributed by atoms with Crippen LogP contribution in [0.1, 0.15) is 28.3 Å².